The number of aromatic nitrogens is 3. The van der Waals surface area contributed by atoms with Gasteiger partial charge in [-0.25, -0.2) is 0 Å². The Morgan fingerprint density at radius 3 is 3.05 bits per heavy atom. The predicted octanol–water partition coefficient (Wildman–Crippen LogP) is 1.74. The molecule has 1 N–H and O–H groups in total. The Balaban J connectivity index is 1.68. The molecule has 0 aliphatic carbocycles. The van der Waals surface area contributed by atoms with Gasteiger partial charge in [-0.1, -0.05) is 6.07 Å². The lowest BCUT2D eigenvalue weighted by Gasteiger charge is -2.20. The monoisotopic (exact) mass is 272 g/mol. The number of nitrogens with zero attached hydrogens (tertiary/aromatic N) is 3. The second-order valence-electron chi connectivity index (χ2n) is 5.20. The topological polar surface area (TPSA) is 52.0 Å². The van der Waals surface area contributed by atoms with Crippen LogP contribution in [0.4, 0.5) is 0 Å². The zero-order chi connectivity index (χ0) is 13.9. The molecule has 0 unspecified atom stereocenters. The van der Waals surface area contributed by atoms with Crippen LogP contribution in [0.2, 0.25) is 0 Å². The van der Waals surface area contributed by atoms with Crippen molar-refractivity contribution in [2.45, 2.75) is 32.0 Å². The minimum Gasteiger partial charge on any atom is -0.370 e. The molecule has 20 heavy (non-hydrogen) atoms. The van der Waals surface area contributed by atoms with Crippen LogP contribution in [0.1, 0.15) is 29.5 Å². The highest BCUT2D eigenvalue weighted by molar-refractivity contribution is 5.18. The molecule has 5 heteroatoms. The normalized spacial score (nSPS) is 22.3. The Kier molecular flexibility index (Phi) is 3.80. The third kappa shape index (κ3) is 2.59. The van der Waals surface area contributed by atoms with Crippen molar-refractivity contribution < 1.29 is 4.74 Å². The molecule has 0 saturated carbocycles. The third-order valence-electron chi connectivity index (χ3n) is 3.91. The molecule has 2 atom stereocenters. The summed E-state index contributed by atoms with van der Waals surface area (Å²) in [6, 6.07) is 6.45. The molecule has 0 amide bonds. The minimum atomic E-state index is 0.0828. The molecular weight excluding hydrogens is 252 g/mol. The summed E-state index contributed by atoms with van der Waals surface area (Å²) in [6.45, 7) is 3.66. The lowest BCUT2D eigenvalue weighted by molar-refractivity contribution is 0.0919. The third-order valence-corrected chi connectivity index (χ3v) is 3.91. The van der Waals surface area contributed by atoms with Gasteiger partial charge >= 0.3 is 0 Å². The van der Waals surface area contributed by atoms with Crippen molar-refractivity contribution >= 4 is 0 Å². The smallest absolute Gasteiger partial charge is 0.114 e. The first-order chi connectivity index (χ1) is 9.75. The Hall–Kier alpha value is -1.72. The maximum atomic E-state index is 5.87. The number of hydrogen-bond acceptors (Lipinski definition) is 4. The van der Waals surface area contributed by atoms with Crippen LogP contribution < -0.4 is 5.32 Å². The van der Waals surface area contributed by atoms with Gasteiger partial charge in [0.2, 0.25) is 0 Å². The van der Waals surface area contributed by atoms with Crippen molar-refractivity contribution in [2.75, 3.05) is 6.61 Å². The van der Waals surface area contributed by atoms with Crippen molar-refractivity contribution in [1.29, 1.82) is 0 Å². The summed E-state index contributed by atoms with van der Waals surface area (Å²) < 4.78 is 7.76. The van der Waals surface area contributed by atoms with Crippen LogP contribution in [-0.4, -0.2) is 27.4 Å². The highest BCUT2D eigenvalue weighted by atomic mass is 16.5. The van der Waals surface area contributed by atoms with E-state index in [1.54, 1.807) is 0 Å². The Morgan fingerprint density at radius 1 is 1.40 bits per heavy atom. The largest absolute Gasteiger partial charge is 0.370 e. The quantitative estimate of drug-likeness (QED) is 0.921. The molecule has 1 aliphatic heterocycles. The van der Waals surface area contributed by atoms with E-state index in [-0.39, 0.29) is 6.10 Å². The maximum absolute atomic E-state index is 5.87. The molecule has 5 nitrogen and oxygen atoms in total. The first-order valence-electron chi connectivity index (χ1n) is 6.99. The highest BCUT2D eigenvalue weighted by Gasteiger charge is 2.31. The van der Waals surface area contributed by atoms with Gasteiger partial charge in [0.15, 0.2) is 0 Å². The predicted molar refractivity (Wildman–Crippen MR) is 76.1 cm³/mol. The van der Waals surface area contributed by atoms with E-state index >= 15 is 0 Å². The van der Waals surface area contributed by atoms with Gasteiger partial charge in [0, 0.05) is 44.3 Å². The van der Waals surface area contributed by atoms with Crippen LogP contribution in [-0.2, 0) is 18.3 Å². The molecule has 0 radical (unpaired) electrons. The van der Waals surface area contributed by atoms with E-state index < -0.39 is 0 Å². The summed E-state index contributed by atoms with van der Waals surface area (Å²) >= 11 is 0. The Labute approximate surface area is 119 Å². The van der Waals surface area contributed by atoms with Crippen LogP contribution in [0.5, 0.6) is 0 Å². The van der Waals surface area contributed by atoms with Crippen molar-refractivity contribution in [2.24, 2.45) is 7.05 Å². The molecule has 1 saturated heterocycles. The fourth-order valence-corrected chi connectivity index (χ4v) is 2.70. The minimum absolute atomic E-state index is 0.0828. The molecule has 1 fully saturated rings. The lowest BCUT2D eigenvalue weighted by atomic mass is 10.1. The summed E-state index contributed by atoms with van der Waals surface area (Å²) in [7, 11) is 1.96. The van der Waals surface area contributed by atoms with Gasteiger partial charge in [-0.2, -0.15) is 5.10 Å². The Morgan fingerprint density at radius 2 is 2.30 bits per heavy atom. The summed E-state index contributed by atoms with van der Waals surface area (Å²) in [4.78, 5) is 4.32. The summed E-state index contributed by atoms with van der Waals surface area (Å²) in [5, 5.41) is 7.83. The molecule has 0 aromatic carbocycles. The SMILES string of the molecule is Cc1ncccc1CN[C@H]1CCO[C@@H]1c1ccnn1C. The number of pyridine rings is 1. The average molecular weight is 272 g/mol. The molecule has 1 aliphatic rings. The molecule has 2 aromatic rings. The van der Waals surface area contributed by atoms with Gasteiger partial charge in [-0.15, -0.1) is 0 Å². The molecule has 0 bridgehead atoms. The lowest BCUT2D eigenvalue weighted by Crippen LogP contribution is -2.32. The molecule has 0 spiro atoms. The summed E-state index contributed by atoms with van der Waals surface area (Å²) in [6.07, 6.45) is 4.75. The van der Waals surface area contributed by atoms with Crippen molar-refractivity contribution in [3.05, 3.63) is 47.5 Å². The molecular formula is C15H20N4O. The van der Waals surface area contributed by atoms with Gasteiger partial charge in [0.05, 0.1) is 5.69 Å². The highest BCUT2D eigenvalue weighted by Crippen LogP contribution is 2.28. The number of ether oxygens (including phenoxy) is 1. The average Bonchev–Trinajstić information content (AvgIpc) is 3.06. The zero-order valence-corrected chi connectivity index (χ0v) is 11.9. The second kappa shape index (κ2) is 5.73. The summed E-state index contributed by atoms with van der Waals surface area (Å²) in [5.41, 5.74) is 3.45. The van der Waals surface area contributed by atoms with E-state index in [9.17, 15) is 0 Å². The fraction of sp³-hybridized carbons (Fsp3) is 0.467. The van der Waals surface area contributed by atoms with E-state index in [1.165, 1.54) is 5.56 Å². The van der Waals surface area contributed by atoms with E-state index in [4.69, 9.17) is 4.74 Å². The second-order valence-corrected chi connectivity index (χ2v) is 5.20. The number of aryl methyl sites for hydroxylation is 2. The van der Waals surface area contributed by atoms with Gasteiger partial charge in [-0.05, 0) is 31.0 Å². The number of hydrogen-bond donors (Lipinski definition) is 1. The zero-order valence-electron chi connectivity index (χ0n) is 11.9. The van der Waals surface area contributed by atoms with E-state index in [2.05, 4.69) is 21.5 Å². The van der Waals surface area contributed by atoms with Crippen molar-refractivity contribution in [3.8, 4) is 0 Å². The van der Waals surface area contributed by atoms with Gasteiger partial charge < -0.3 is 10.1 Å². The van der Waals surface area contributed by atoms with Crippen LogP contribution >= 0.6 is 0 Å². The van der Waals surface area contributed by atoms with E-state index in [1.807, 2.05) is 43.2 Å². The first kappa shape index (κ1) is 13.3. The van der Waals surface area contributed by atoms with Crippen molar-refractivity contribution in [1.82, 2.24) is 20.1 Å². The molecule has 3 rings (SSSR count). The first-order valence-corrected chi connectivity index (χ1v) is 6.99. The van der Waals surface area contributed by atoms with Gasteiger partial charge in [0.1, 0.15) is 6.10 Å². The van der Waals surface area contributed by atoms with Crippen molar-refractivity contribution in [3.63, 3.8) is 0 Å². The Bertz CT molecular complexity index is 581. The standard InChI is InChI=1S/C15H20N4O/c1-11-12(4-3-7-16-11)10-17-13-6-9-20-15(13)14-5-8-18-19(14)2/h3-5,7-8,13,15,17H,6,9-10H2,1-2H3/t13-,15-/m0/s1. The molecule has 3 heterocycles. The number of nitrogens with one attached hydrogen (secondary N) is 1. The fourth-order valence-electron chi connectivity index (χ4n) is 2.70. The van der Waals surface area contributed by atoms with E-state index in [0.29, 0.717) is 6.04 Å². The van der Waals surface area contributed by atoms with Gasteiger partial charge in [-0.3, -0.25) is 9.67 Å². The van der Waals surface area contributed by atoms with Crippen LogP contribution in [0.15, 0.2) is 30.6 Å². The maximum Gasteiger partial charge on any atom is 0.114 e. The number of rotatable bonds is 4. The molecule has 106 valence electrons. The van der Waals surface area contributed by atoms with E-state index in [0.717, 1.165) is 31.0 Å². The van der Waals surface area contributed by atoms with Crippen LogP contribution in [0.25, 0.3) is 0 Å². The van der Waals surface area contributed by atoms with Crippen LogP contribution in [0, 0.1) is 6.92 Å². The van der Waals surface area contributed by atoms with Crippen LogP contribution in [0.3, 0.4) is 0 Å². The van der Waals surface area contributed by atoms with Gasteiger partial charge in [0.25, 0.3) is 0 Å². The molecule has 2 aromatic heterocycles. The summed E-state index contributed by atoms with van der Waals surface area (Å²) in [5.74, 6) is 0.